The highest BCUT2D eigenvalue weighted by molar-refractivity contribution is 7.14. The molecule has 3 rings (SSSR count). The molecule has 2 aromatic heterocycles. The highest BCUT2D eigenvalue weighted by atomic mass is 35.5. The molecule has 0 saturated carbocycles. The maximum absolute atomic E-state index is 12.8. The van der Waals surface area contributed by atoms with E-state index in [1.54, 1.807) is 5.38 Å². The molecule has 0 atom stereocenters. The zero-order valence-corrected chi connectivity index (χ0v) is 15.0. The van der Waals surface area contributed by atoms with Crippen molar-refractivity contribution in [2.75, 3.05) is 5.32 Å². The number of hydrogen-bond donors (Lipinski definition) is 1. The molecule has 0 unspecified atom stereocenters. The number of nitrogens with zero attached hydrogens (tertiary/aromatic N) is 2. The molecule has 0 bridgehead atoms. The minimum absolute atomic E-state index is 0.268. The van der Waals surface area contributed by atoms with Gasteiger partial charge in [-0.15, -0.1) is 11.3 Å². The fourth-order valence-corrected chi connectivity index (χ4v) is 3.22. The lowest BCUT2D eigenvalue weighted by atomic mass is 10.2. The molecule has 1 N–H and O–H groups in total. The van der Waals surface area contributed by atoms with E-state index >= 15 is 0 Å². The lowest BCUT2D eigenvalue weighted by Crippen LogP contribution is -2.29. The van der Waals surface area contributed by atoms with Crippen LogP contribution in [0.5, 0.6) is 0 Å². The summed E-state index contributed by atoms with van der Waals surface area (Å²) in [6.07, 6.45) is -4.12. The molecule has 0 spiro atoms. The van der Waals surface area contributed by atoms with Gasteiger partial charge in [0.2, 0.25) is 5.91 Å². The number of benzene rings is 1. The van der Waals surface area contributed by atoms with Crippen LogP contribution in [-0.4, -0.2) is 15.5 Å². The molecule has 0 aliphatic heterocycles. The van der Waals surface area contributed by atoms with Crippen LogP contribution in [0.25, 0.3) is 11.3 Å². The van der Waals surface area contributed by atoms with Gasteiger partial charge in [-0.3, -0.25) is 9.59 Å². The van der Waals surface area contributed by atoms with Crippen molar-refractivity contribution in [3.63, 3.8) is 0 Å². The average Bonchev–Trinajstić information content (AvgIpc) is 3.07. The number of carbonyl (C=O) groups excluding carboxylic acids is 1. The minimum atomic E-state index is -4.69. The number of pyridine rings is 1. The fraction of sp³-hybridized carbons (Fsp3) is 0.118. The summed E-state index contributed by atoms with van der Waals surface area (Å²) in [7, 11) is 0. The van der Waals surface area contributed by atoms with Gasteiger partial charge in [0.1, 0.15) is 11.6 Å². The number of alkyl halides is 3. The summed E-state index contributed by atoms with van der Waals surface area (Å²) >= 11 is 6.73. The van der Waals surface area contributed by atoms with Gasteiger partial charge in [0.05, 0.1) is 11.3 Å². The Balaban J connectivity index is 1.76. The van der Waals surface area contributed by atoms with Crippen molar-refractivity contribution in [1.82, 2.24) is 9.55 Å². The number of thiazole rings is 1. The molecule has 0 saturated heterocycles. The van der Waals surface area contributed by atoms with Crippen LogP contribution in [0.3, 0.4) is 0 Å². The summed E-state index contributed by atoms with van der Waals surface area (Å²) in [6, 6.07) is 9.78. The first-order chi connectivity index (χ1) is 12.7. The van der Waals surface area contributed by atoms with Crippen LogP contribution < -0.4 is 10.9 Å². The third-order valence-electron chi connectivity index (χ3n) is 3.50. The largest absolute Gasteiger partial charge is 0.417 e. The standard InChI is InChI=1S/C17H11ClF3N3O2S/c18-12-6-11(17(19,20)21)7-24(15(12)26)8-14(25)23-16-22-13(9-27-16)10-4-2-1-3-5-10/h1-7,9H,8H2,(H,22,23,25). The number of rotatable bonds is 4. The Labute approximate surface area is 160 Å². The number of hydrogen-bond acceptors (Lipinski definition) is 4. The first-order valence-electron chi connectivity index (χ1n) is 7.52. The molecular weight excluding hydrogens is 403 g/mol. The van der Waals surface area contributed by atoms with E-state index in [0.717, 1.165) is 16.9 Å². The van der Waals surface area contributed by atoms with Crippen molar-refractivity contribution in [2.45, 2.75) is 12.7 Å². The van der Waals surface area contributed by atoms with Crippen LogP contribution in [-0.2, 0) is 17.5 Å². The van der Waals surface area contributed by atoms with E-state index in [2.05, 4.69) is 10.3 Å². The smallest absolute Gasteiger partial charge is 0.304 e. The number of amides is 1. The number of nitrogens with one attached hydrogen (secondary N) is 1. The van der Waals surface area contributed by atoms with Gasteiger partial charge in [-0.25, -0.2) is 4.98 Å². The predicted molar refractivity (Wildman–Crippen MR) is 96.9 cm³/mol. The number of aromatic nitrogens is 2. The van der Waals surface area contributed by atoms with Gasteiger partial charge < -0.3 is 9.88 Å². The van der Waals surface area contributed by atoms with Crippen molar-refractivity contribution in [1.29, 1.82) is 0 Å². The molecule has 2 heterocycles. The Morgan fingerprint density at radius 2 is 1.96 bits per heavy atom. The molecule has 10 heteroatoms. The molecule has 27 heavy (non-hydrogen) atoms. The van der Waals surface area contributed by atoms with Crippen LogP contribution in [0.4, 0.5) is 18.3 Å². The molecule has 140 valence electrons. The normalized spacial score (nSPS) is 11.4. The van der Waals surface area contributed by atoms with Crippen LogP contribution in [0.15, 0.2) is 52.8 Å². The fourth-order valence-electron chi connectivity index (χ4n) is 2.26. The van der Waals surface area contributed by atoms with Gasteiger partial charge in [-0.2, -0.15) is 13.2 Å². The summed E-state index contributed by atoms with van der Waals surface area (Å²) < 4.78 is 39.2. The van der Waals surface area contributed by atoms with Crippen molar-refractivity contribution >= 4 is 34.0 Å². The average molecular weight is 414 g/mol. The van der Waals surface area contributed by atoms with Gasteiger partial charge >= 0.3 is 6.18 Å². The second-order valence-electron chi connectivity index (χ2n) is 5.46. The van der Waals surface area contributed by atoms with E-state index < -0.39 is 34.8 Å². The van der Waals surface area contributed by atoms with Crippen molar-refractivity contribution < 1.29 is 18.0 Å². The van der Waals surface area contributed by atoms with Gasteiger partial charge in [0, 0.05) is 17.1 Å². The minimum Gasteiger partial charge on any atom is -0.304 e. The zero-order chi connectivity index (χ0) is 19.6. The van der Waals surface area contributed by atoms with E-state index in [9.17, 15) is 22.8 Å². The van der Waals surface area contributed by atoms with E-state index in [4.69, 9.17) is 11.6 Å². The van der Waals surface area contributed by atoms with Crippen LogP contribution >= 0.6 is 22.9 Å². The topological polar surface area (TPSA) is 64.0 Å². The molecule has 0 fully saturated rings. The van der Waals surface area contributed by atoms with Gasteiger partial charge in [0.25, 0.3) is 5.56 Å². The van der Waals surface area contributed by atoms with Crippen LogP contribution in [0.2, 0.25) is 5.02 Å². The first-order valence-corrected chi connectivity index (χ1v) is 8.78. The molecule has 5 nitrogen and oxygen atoms in total. The number of halogens is 4. The Hall–Kier alpha value is -2.65. The highest BCUT2D eigenvalue weighted by Crippen LogP contribution is 2.29. The quantitative estimate of drug-likeness (QED) is 0.694. The van der Waals surface area contributed by atoms with Gasteiger partial charge in [-0.1, -0.05) is 41.9 Å². The molecule has 0 aliphatic carbocycles. The third-order valence-corrected chi connectivity index (χ3v) is 4.53. The Kier molecular flexibility index (Phi) is 5.33. The Morgan fingerprint density at radius 3 is 2.63 bits per heavy atom. The third kappa shape index (κ3) is 4.55. The number of anilines is 1. The second kappa shape index (κ2) is 7.53. The lowest BCUT2D eigenvalue weighted by molar-refractivity contribution is -0.138. The monoisotopic (exact) mass is 413 g/mol. The van der Waals surface area contributed by atoms with Gasteiger partial charge in [-0.05, 0) is 6.07 Å². The number of carbonyl (C=O) groups is 1. The molecule has 0 radical (unpaired) electrons. The van der Waals surface area contributed by atoms with Gasteiger partial charge in [0.15, 0.2) is 5.13 Å². The zero-order valence-electron chi connectivity index (χ0n) is 13.5. The summed E-state index contributed by atoms with van der Waals surface area (Å²) in [5.74, 6) is -0.693. The lowest BCUT2D eigenvalue weighted by Gasteiger charge is -2.11. The van der Waals surface area contributed by atoms with Crippen LogP contribution in [0, 0.1) is 0 Å². The van der Waals surface area contributed by atoms with Crippen molar-refractivity contribution in [3.05, 3.63) is 68.9 Å². The van der Waals surface area contributed by atoms with E-state index in [0.29, 0.717) is 22.5 Å². The van der Waals surface area contributed by atoms with Crippen LogP contribution in [0.1, 0.15) is 5.56 Å². The Morgan fingerprint density at radius 1 is 1.26 bits per heavy atom. The summed E-state index contributed by atoms with van der Waals surface area (Å²) in [6.45, 7) is -0.622. The predicted octanol–water partition coefficient (Wildman–Crippen LogP) is 4.28. The SMILES string of the molecule is O=C(Cn1cc(C(F)(F)F)cc(Cl)c1=O)Nc1nc(-c2ccccc2)cs1. The summed E-state index contributed by atoms with van der Waals surface area (Å²) in [5.41, 5.74) is -0.491. The molecule has 0 aliphatic rings. The maximum Gasteiger partial charge on any atom is 0.417 e. The van der Waals surface area contributed by atoms with E-state index in [-0.39, 0.29) is 5.13 Å². The Bertz CT molecular complexity index is 1030. The highest BCUT2D eigenvalue weighted by Gasteiger charge is 2.32. The molecule has 3 aromatic rings. The van der Waals surface area contributed by atoms with Crippen molar-refractivity contribution in [2.24, 2.45) is 0 Å². The van der Waals surface area contributed by atoms with E-state index in [1.165, 1.54) is 0 Å². The molecule has 1 aromatic carbocycles. The van der Waals surface area contributed by atoms with Crippen molar-refractivity contribution in [3.8, 4) is 11.3 Å². The van der Waals surface area contributed by atoms with E-state index in [1.807, 2.05) is 30.3 Å². The summed E-state index contributed by atoms with van der Waals surface area (Å²) in [4.78, 5) is 28.3. The maximum atomic E-state index is 12.8. The first kappa shape index (κ1) is 19.1. The molecule has 1 amide bonds. The molecular formula is C17H11ClF3N3O2S. The summed E-state index contributed by atoms with van der Waals surface area (Å²) in [5, 5.41) is 3.86. The second-order valence-corrected chi connectivity index (χ2v) is 6.72.